The van der Waals surface area contributed by atoms with E-state index in [2.05, 4.69) is 16.3 Å². The molecule has 0 amide bonds. The molecule has 1 aliphatic heterocycles. The van der Waals surface area contributed by atoms with Crippen molar-refractivity contribution < 1.29 is 14.6 Å². The minimum atomic E-state index is -0.511. The second-order valence-corrected chi connectivity index (χ2v) is 8.03. The van der Waals surface area contributed by atoms with Crippen molar-refractivity contribution in [2.75, 3.05) is 40.9 Å². The Balaban J connectivity index is 1.68. The van der Waals surface area contributed by atoms with Crippen LogP contribution >= 0.6 is 11.3 Å². The van der Waals surface area contributed by atoms with Gasteiger partial charge in [-0.1, -0.05) is 0 Å². The summed E-state index contributed by atoms with van der Waals surface area (Å²) >= 11 is 1.86. The Morgan fingerprint density at radius 2 is 2.15 bits per heavy atom. The fourth-order valence-electron chi connectivity index (χ4n) is 3.29. The molecule has 5 nitrogen and oxygen atoms in total. The van der Waals surface area contributed by atoms with E-state index in [4.69, 9.17) is 9.47 Å². The standard InChI is InChI=1S/C20H28N2O3S/c1-21(2)13-17(23)14-25-19-5-4-18(24-3)10-16(19)12-22-8-6-20-15(11-22)7-9-26-20/h4-5,7,9-10,17,23H,6,8,11-14H2,1-3H3. The smallest absolute Gasteiger partial charge is 0.124 e. The van der Waals surface area contributed by atoms with Gasteiger partial charge in [0.25, 0.3) is 0 Å². The average Bonchev–Trinajstić information content (AvgIpc) is 3.07. The molecule has 1 unspecified atom stereocenters. The van der Waals surface area contributed by atoms with Gasteiger partial charge < -0.3 is 19.5 Å². The van der Waals surface area contributed by atoms with Gasteiger partial charge in [0.2, 0.25) is 0 Å². The molecule has 0 saturated carbocycles. The molecule has 2 aromatic rings. The summed E-state index contributed by atoms with van der Waals surface area (Å²) in [5.74, 6) is 1.65. The largest absolute Gasteiger partial charge is 0.497 e. The van der Waals surface area contributed by atoms with Crippen molar-refractivity contribution in [2.45, 2.75) is 25.6 Å². The van der Waals surface area contributed by atoms with Gasteiger partial charge in [-0.2, -0.15) is 0 Å². The highest BCUT2D eigenvalue weighted by Gasteiger charge is 2.19. The molecular formula is C20H28N2O3S. The van der Waals surface area contributed by atoms with E-state index in [0.29, 0.717) is 6.54 Å². The zero-order valence-corrected chi connectivity index (χ0v) is 16.6. The van der Waals surface area contributed by atoms with Crippen LogP contribution in [0.25, 0.3) is 0 Å². The molecule has 0 fully saturated rings. The van der Waals surface area contributed by atoms with Crippen LogP contribution in [0.4, 0.5) is 0 Å². The number of hydrogen-bond acceptors (Lipinski definition) is 6. The number of hydrogen-bond donors (Lipinski definition) is 1. The van der Waals surface area contributed by atoms with Crippen LogP contribution in [0.1, 0.15) is 16.0 Å². The fourth-order valence-corrected chi connectivity index (χ4v) is 4.18. The monoisotopic (exact) mass is 376 g/mol. The number of aliphatic hydroxyl groups excluding tert-OH is 1. The predicted molar refractivity (Wildman–Crippen MR) is 105 cm³/mol. The van der Waals surface area contributed by atoms with Gasteiger partial charge in [0.05, 0.1) is 7.11 Å². The van der Waals surface area contributed by atoms with Gasteiger partial charge in [-0.25, -0.2) is 0 Å². The zero-order chi connectivity index (χ0) is 18.5. The maximum atomic E-state index is 10.1. The molecule has 142 valence electrons. The minimum absolute atomic E-state index is 0.284. The minimum Gasteiger partial charge on any atom is -0.497 e. The molecule has 1 aromatic heterocycles. The zero-order valence-electron chi connectivity index (χ0n) is 15.8. The molecule has 3 rings (SSSR count). The number of fused-ring (bicyclic) bond motifs is 1. The first-order chi connectivity index (χ1) is 12.5. The lowest BCUT2D eigenvalue weighted by molar-refractivity contribution is 0.0821. The topological polar surface area (TPSA) is 45.2 Å². The Kier molecular flexibility index (Phi) is 6.53. The van der Waals surface area contributed by atoms with Gasteiger partial charge in [0.1, 0.15) is 24.2 Å². The van der Waals surface area contributed by atoms with Crippen LogP contribution in [0.2, 0.25) is 0 Å². The second kappa shape index (κ2) is 8.86. The summed E-state index contributed by atoms with van der Waals surface area (Å²) in [6.45, 7) is 3.70. The third kappa shape index (κ3) is 4.98. The number of aliphatic hydroxyl groups is 1. The van der Waals surface area contributed by atoms with E-state index in [-0.39, 0.29) is 6.61 Å². The van der Waals surface area contributed by atoms with Crippen molar-refractivity contribution in [1.29, 1.82) is 0 Å². The van der Waals surface area contributed by atoms with Crippen LogP contribution in [-0.2, 0) is 19.5 Å². The highest BCUT2D eigenvalue weighted by Crippen LogP contribution is 2.29. The number of likely N-dealkylation sites (N-methyl/N-ethyl adjacent to an activating group) is 1. The van der Waals surface area contributed by atoms with Crippen molar-refractivity contribution in [3.05, 3.63) is 45.6 Å². The van der Waals surface area contributed by atoms with Crippen molar-refractivity contribution in [3.8, 4) is 11.5 Å². The average molecular weight is 377 g/mol. The Bertz CT molecular complexity index is 717. The SMILES string of the molecule is COc1ccc(OCC(O)CN(C)C)c(CN2CCc3sccc3C2)c1. The lowest BCUT2D eigenvalue weighted by Gasteiger charge is -2.28. The first kappa shape index (κ1) is 19.2. The molecule has 0 saturated heterocycles. The maximum absolute atomic E-state index is 10.1. The van der Waals surface area contributed by atoms with E-state index >= 15 is 0 Å². The Labute approximate surface area is 159 Å². The number of ether oxygens (including phenoxy) is 2. The maximum Gasteiger partial charge on any atom is 0.124 e. The van der Waals surface area contributed by atoms with Crippen molar-refractivity contribution >= 4 is 11.3 Å². The van der Waals surface area contributed by atoms with Gasteiger partial charge in [0.15, 0.2) is 0 Å². The molecule has 0 radical (unpaired) electrons. The van der Waals surface area contributed by atoms with Gasteiger partial charge in [-0.3, -0.25) is 4.90 Å². The van der Waals surface area contributed by atoms with E-state index in [0.717, 1.165) is 43.1 Å². The highest BCUT2D eigenvalue weighted by molar-refractivity contribution is 7.10. The summed E-state index contributed by atoms with van der Waals surface area (Å²) in [6, 6.07) is 8.12. The molecule has 1 aromatic carbocycles. The first-order valence-corrected chi connectivity index (χ1v) is 9.83. The third-order valence-electron chi connectivity index (χ3n) is 4.56. The van der Waals surface area contributed by atoms with E-state index < -0.39 is 6.10 Å². The molecular weight excluding hydrogens is 348 g/mol. The van der Waals surface area contributed by atoms with Crippen LogP contribution in [-0.4, -0.2) is 61.9 Å². The molecule has 1 N–H and O–H groups in total. The molecule has 1 aliphatic rings. The van der Waals surface area contributed by atoms with Crippen molar-refractivity contribution in [3.63, 3.8) is 0 Å². The molecule has 2 heterocycles. The summed E-state index contributed by atoms with van der Waals surface area (Å²) < 4.78 is 11.3. The molecule has 0 spiro atoms. The van der Waals surface area contributed by atoms with E-state index in [1.165, 1.54) is 10.4 Å². The molecule has 0 bridgehead atoms. The third-order valence-corrected chi connectivity index (χ3v) is 5.58. The van der Waals surface area contributed by atoms with Gasteiger partial charge in [-0.15, -0.1) is 11.3 Å². The Hall–Kier alpha value is -1.60. The van der Waals surface area contributed by atoms with Crippen LogP contribution in [0.3, 0.4) is 0 Å². The summed E-state index contributed by atoms with van der Waals surface area (Å²) in [5, 5.41) is 12.3. The second-order valence-electron chi connectivity index (χ2n) is 7.03. The van der Waals surface area contributed by atoms with Gasteiger partial charge >= 0.3 is 0 Å². The number of rotatable bonds is 8. The molecule has 0 aliphatic carbocycles. The summed E-state index contributed by atoms with van der Waals surface area (Å²) in [6.07, 6.45) is 0.595. The van der Waals surface area contributed by atoms with E-state index in [1.807, 2.05) is 48.5 Å². The normalized spacial score (nSPS) is 15.7. The summed E-state index contributed by atoms with van der Waals surface area (Å²) in [4.78, 5) is 5.90. The number of benzene rings is 1. The Morgan fingerprint density at radius 1 is 1.31 bits per heavy atom. The summed E-state index contributed by atoms with van der Waals surface area (Å²) in [7, 11) is 5.56. The lowest BCUT2D eigenvalue weighted by atomic mass is 10.1. The van der Waals surface area contributed by atoms with Crippen molar-refractivity contribution in [1.82, 2.24) is 9.80 Å². The molecule has 26 heavy (non-hydrogen) atoms. The fraction of sp³-hybridized carbons (Fsp3) is 0.500. The quantitative estimate of drug-likeness (QED) is 0.767. The number of thiophene rings is 1. The lowest BCUT2D eigenvalue weighted by Crippen LogP contribution is -2.31. The summed E-state index contributed by atoms with van der Waals surface area (Å²) in [5.41, 5.74) is 2.54. The van der Waals surface area contributed by atoms with Gasteiger partial charge in [-0.05, 0) is 55.7 Å². The first-order valence-electron chi connectivity index (χ1n) is 8.95. The Morgan fingerprint density at radius 3 is 2.92 bits per heavy atom. The van der Waals surface area contributed by atoms with Crippen LogP contribution in [0.15, 0.2) is 29.6 Å². The molecule has 6 heteroatoms. The predicted octanol–water partition coefficient (Wildman–Crippen LogP) is 2.62. The molecule has 1 atom stereocenters. The van der Waals surface area contributed by atoms with Crippen molar-refractivity contribution in [2.24, 2.45) is 0 Å². The number of nitrogens with zero attached hydrogens (tertiary/aromatic N) is 2. The van der Waals surface area contributed by atoms with E-state index in [9.17, 15) is 5.11 Å². The van der Waals surface area contributed by atoms with Crippen LogP contribution in [0.5, 0.6) is 11.5 Å². The highest BCUT2D eigenvalue weighted by atomic mass is 32.1. The van der Waals surface area contributed by atoms with Crippen LogP contribution < -0.4 is 9.47 Å². The van der Waals surface area contributed by atoms with E-state index in [1.54, 1.807) is 7.11 Å². The number of methoxy groups -OCH3 is 1. The van der Waals surface area contributed by atoms with Gasteiger partial charge in [0, 0.05) is 36.6 Å². The van der Waals surface area contributed by atoms with Crippen LogP contribution in [0, 0.1) is 0 Å².